The van der Waals surface area contributed by atoms with Crippen LogP contribution in [0.2, 0.25) is 0 Å². The lowest BCUT2D eigenvalue weighted by molar-refractivity contribution is -0.142. The molecule has 2 rings (SSSR count). The zero-order chi connectivity index (χ0) is 25.3. The Hall–Kier alpha value is -2.38. The van der Waals surface area contributed by atoms with E-state index in [1.54, 1.807) is 17.2 Å². The number of hydrogen-bond donors (Lipinski definition) is 2. The van der Waals surface area contributed by atoms with E-state index in [2.05, 4.69) is 28.2 Å². The Labute approximate surface area is 218 Å². The smallest absolute Gasteiger partial charge is 0.332 e. The van der Waals surface area contributed by atoms with E-state index in [-0.39, 0.29) is 5.91 Å². The van der Waals surface area contributed by atoms with Crippen molar-refractivity contribution < 1.29 is 19.5 Å². The molecule has 0 saturated carbocycles. The number of amides is 1. The van der Waals surface area contributed by atoms with Gasteiger partial charge in [-0.15, -0.1) is 0 Å². The molecule has 0 aromatic heterocycles. The summed E-state index contributed by atoms with van der Waals surface area (Å²) >= 11 is 3.40. The van der Waals surface area contributed by atoms with E-state index < -0.39 is 12.6 Å². The first-order valence-corrected chi connectivity index (χ1v) is 13.5. The molecule has 6 nitrogen and oxygen atoms in total. The van der Waals surface area contributed by atoms with Crippen LogP contribution < -0.4 is 10.4 Å². The second-order valence-corrected chi connectivity index (χ2v) is 9.73. The number of benzene rings is 2. The molecule has 2 N–H and O–H groups in total. The summed E-state index contributed by atoms with van der Waals surface area (Å²) in [6.45, 7) is 2.86. The molecule has 0 aliphatic carbocycles. The van der Waals surface area contributed by atoms with Crippen molar-refractivity contribution in [3.05, 3.63) is 64.1 Å². The van der Waals surface area contributed by atoms with Crippen molar-refractivity contribution >= 4 is 33.5 Å². The van der Waals surface area contributed by atoms with Crippen molar-refractivity contribution in [3.8, 4) is 0 Å². The zero-order valence-electron chi connectivity index (χ0n) is 20.8. The van der Waals surface area contributed by atoms with Gasteiger partial charge in [0.05, 0.1) is 12.2 Å². The molecule has 0 aliphatic rings. The molecule has 0 heterocycles. The van der Waals surface area contributed by atoms with Crippen LogP contribution in [0, 0.1) is 0 Å². The van der Waals surface area contributed by atoms with Gasteiger partial charge in [0.15, 0.2) is 6.61 Å². The molecular formula is C28H39BrN2O4. The predicted molar refractivity (Wildman–Crippen MR) is 145 cm³/mol. The van der Waals surface area contributed by atoms with Gasteiger partial charge in [0.25, 0.3) is 5.91 Å². The van der Waals surface area contributed by atoms with Gasteiger partial charge in [-0.3, -0.25) is 9.63 Å². The van der Waals surface area contributed by atoms with Gasteiger partial charge in [0, 0.05) is 16.6 Å². The predicted octanol–water partition coefficient (Wildman–Crippen LogP) is 7.12. The third kappa shape index (κ3) is 12.2. The highest BCUT2D eigenvalue weighted by molar-refractivity contribution is 9.10. The molecule has 0 atom stereocenters. The Balaban J connectivity index is 1.72. The maximum absolute atomic E-state index is 12.5. The number of hydroxylamine groups is 1. The molecule has 0 bridgehead atoms. The van der Waals surface area contributed by atoms with E-state index in [0.717, 1.165) is 28.6 Å². The molecular weight excluding hydrogens is 508 g/mol. The van der Waals surface area contributed by atoms with Gasteiger partial charge in [-0.1, -0.05) is 92.8 Å². The van der Waals surface area contributed by atoms with E-state index in [1.807, 2.05) is 36.4 Å². The fourth-order valence-corrected chi connectivity index (χ4v) is 4.06. The standard InChI is InChI=1S/C28H39BrN2O4/c1-2-3-4-5-6-7-8-9-10-11-20-30-28(34)24-14-12-23(13-15-24)21-31(35-22-27(32)33)26-18-16-25(29)17-19-26/h12-19H,2-11,20-22H2,1H3,(H,30,34)(H,32,33). The Kier molecular flexibility index (Phi) is 14.1. The molecule has 7 heteroatoms. The molecule has 0 unspecified atom stereocenters. The molecule has 192 valence electrons. The van der Waals surface area contributed by atoms with Crippen LogP contribution in [0.15, 0.2) is 53.0 Å². The number of unbranched alkanes of at least 4 members (excludes halogenated alkanes) is 9. The Morgan fingerprint density at radius 1 is 0.857 bits per heavy atom. The summed E-state index contributed by atoms with van der Waals surface area (Å²) in [5.74, 6) is -1.11. The largest absolute Gasteiger partial charge is 0.479 e. The number of halogens is 1. The molecule has 0 aliphatic heterocycles. The van der Waals surface area contributed by atoms with E-state index in [4.69, 9.17) is 9.94 Å². The summed E-state index contributed by atoms with van der Waals surface area (Å²) in [6.07, 6.45) is 12.7. The Morgan fingerprint density at radius 2 is 1.43 bits per heavy atom. The maximum atomic E-state index is 12.5. The third-order valence-corrected chi connectivity index (χ3v) is 6.35. The van der Waals surface area contributed by atoms with E-state index >= 15 is 0 Å². The van der Waals surface area contributed by atoms with Gasteiger partial charge in [-0.2, -0.15) is 0 Å². The highest BCUT2D eigenvalue weighted by Crippen LogP contribution is 2.21. The third-order valence-electron chi connectivity index (χ3n) is 5.82. The summed E-state index contributed by atoms with van der Waals surface area (Å²) in [4.78, 5) is 28.9. The molecule has 2 aromatic rings. The summed E-state index contributed by atoms with van der Waals surface area (Å²) in [6, 6.07) is 14.8. The van der Waals surface area contributed by atoms with Gasteiger partial charge in [-0.05, 0) is 48.4 Å². The lowest BCUT2D eigenvalue weighted by Crippen LogP contribution is -2.26. The number of carboxylic acid groups (broad SMARTS) is 1. The molecule has 0 fully saturated rings. The minimum Gasteiger partial charge on any atom is -0.479 e. The SMILES string of the molecule is CCCCCCCCCCCCNC(=O)c1ccc(CN(OCC(=O)O)c2ccc(Br)cc2)cc1. The van der Waals surface area contributed by atoms with Crippen LogP contribution in [0.5, 0.6) is 0 Å². The monoisotopic (exact) mass is 546 g/mol. The molecule has 2 aromatic carbocycles. The lowest BCUT2D eigenvalue weighted by Gasteiger charge is -2.23. The van der Waals surface area contributed by atoms with Crippen molar-refractivity contribution in [3.63, 3.8) is 0 Å². The number of aliphatic carboxylic acids is 1. The molecule has 0 spiro atoms. The van der Waals surface area contributed by atoms with Crippen LogP contribution in [0.25, 0.3) is 0 Å². The summed E-state index contributed by atoms with van der Waals surface area (Å²) in [5, 5.41) is 13.5. The number of carboxylic acids is 1. The lowest BCUT2D eigenvalue weighted by atomic mass is 10.1. The van der Waals surface area contributed by atoms with Gasteiger partial charge in [-0.25, -0.2) is 9.86 Å². The average Bonchev–Trinajstić information content (AvgIpc) is 2.86. The van der Waals surface area contributed by atoms with Crippen molar-refractivity contribution in [1.29, 1.82) is 0 Å². The van der Waals surface area contributed by atoms with Crippen molar-refractivity contribution in [1.82, 2.24) is 5.32 Å². The van der Waals surface area contributed by atoms with Gasteiger partial charge >= 0.3 is 5.97 Å². The number of carbonyl (C=O) groups is 2. The number of carbonyl (C=O) groups excluding carboxylic acids is 1. The fraction of sp³-hybridized carbons (Fsp3) is 0.500. The maximum Gasteiger partial charge on any atom is 0.332 e. The highest BCUT2D eigenvalue weighted by atomic mass is 79.9. The molecule has 35 heavy (non-hydrogen) atoms. The number of hydrogen-bond acceptors (Lipinski definition) is 4. The first-order valence-electron chi connectivity index (χ1n) is 12.7. The van der Waals surface area contributed by atoms with Crippen LogP contribution in [0.3, 0.4) is 0 Å². The zero-order valence-corrected chi connectivity index (χ0v) is 22.4. The second kappa shape index (κ2) is 17.1. The topological polar surface area (TPSA) is 78.9 Å². The van der Waals surface area contributed by atoms with Crippen LogP contribution in [0.4, 0.5) is 5.69 Å². The van der Waals surface area contributed by atoms with Crippen molar-refractivity contribution in [2.24, 2.45) is 0 Å². The Bertz CT molecular complexity index is 872. The minimum absolute atomic E-state index is 0.0700. The Morgan fingerprint density at radius 3 is 2.00 bits per heavy atom. The number of nitrogens with one attached hydrogen (secondary N) is 1. The van der Waals surface area contributed by atoms with Crippen LogP contribution >= 0.6 is 15.9 Å². The van der Waals surface area contributed by atoms with Crippen LogP contribution in [0.1, 0.15) is 87.1 Å². The summed E-state index contributed by atoms with van der Waals surface area (Å²) in [7, 11) is 0. The van der Waals surface area contributed by atoms with E-state index in [0.29, 0.717) is 18.7 Å². The minimum atomic E-state index is -1.04. The first kappa shape index (κ1) is 28.9. The number of anilines is 1. The van der Waals surface area contributed by atoms with Crippen LogP contribution in [-0.2, 0) is 16.2 Å². The van der Waals surface area contributed by atoms with Crippen molar-refractivity contribution in [2.45, 2.75) is 77.7 Å². The van der Waals surface area contributed by atoms with E-state index in [9.17, 15) is 9.59 Å². The number of nitrogens with zero attached hydrogens (tertiary/aromatic N) is 1. The normalized spacial score (nSPS) is 10.8. The van der Waals surface area contributed by atoms with Gasteiger partial charge in [0.1, 0.15) is 0 Å². The van der Waals surface area contributed by atoms with Crippen molar-refractivity contribution in [2.75, 3.05) is 18.2 Å². The number of rotatable bonds is 18. The second-order valence-electron chi connectivity index (χ2n) is 8.82. The fourth-order valence-electron chi connectivity index (χ4n) is 3.80. The first-order chi connectivity index (χ1) is 17.0. The van der Waals surface area contributed by atoms with Crippen LogP contribution in [-0.4, -0.2) is 30.1 Å². The highest BCUT2D eigenvalue weighted by Gasteiger charge is 2.12. The average molecular weight is 548 g/mol. The molecule has 1 amide bonds. The summed E-state index contributed by atoms with van der Waals surface area (Å²) < 4.78 is 0.924. The molecule has 0 saturated heterocycles. The van der Waals surface area contributed by atoms with E-state index in [1.165, 1.54) is 51.4 Å². The molecule has 0 radical (unpaired) electrons. The summed E-state index contributed by atoms with van der Waals surface area (Å²) in [5.41, 5.74) is 2.26. The quantitative estimate of drug-likeness (QED) is 0.153. The van der Waals surface area contributed by atoms with Gasteiger partial charge < -0.3 is 10.4 Å². The van der Waals surface area contributed by atoms with Gasteiger partial charge in [0.2, 0.25) is 0 Å².